The molecule has 1 aromatic carbocycles. The van der Waals surface area contributed by atoms with Crippen molar-refractivity contribution in [2.24, 2.45) is 0 Å². The van der Waals surface area contributed by atoms with Crippen LogP contribution in [0.1, 0.15) is 24.5 Å². The van der Waals surface area contributed by atoms with Gasteiger partial charge in [-0.25, -0.2) is 18.9 Å². The molecule has 2 aromatic heterocycles. The molecule has 0 aliphatic heterocycles. The molecular formula is C19H24N6O2. The van der Waals surface area contributed by atoms with Gasteiger partial charge in [0.05, 0.1) is 0 Å². The highest BCUT2D eigenvalue weighted by Gasteiger charge is 2.16. The van der Waals surface area contributed by atoms with Crippen molar-refractivity contribution in [1.29, 1.82) is 0 Å². The van der Waals surface area contributed by atoms with Crippen molar-refractivity contribution in [2.75, 3.05) is 23.8 Å². The quantitative estimate of drug-likeness (QED) is 0.719. The van der Waals surface area contributed by atoms with Crippen molar-refractivity contribution in [3.63, 3.8) is 0 Å². The second-order valence-electron chi connectivity index (χ2n) is 6.60. The first-order valence-corrected chi connectivity index (χ1v) is 8.93. The molecular weight excluding hydrogens is 344 g/mol. The molecule has 0 bridgehead atoms. The number of benzene rings is 1. The Labute approximate surface area is 157 Å². The number of nitrogens with zero attached hydrogens (tertiary/aromatic N) is 5. The van der Waals surface area contributed by atoms with E-state index >= 15 is 0 Å². The minimum atomic E-state index is -0.366. The maximum Gasteiger partial charge on any atom is 0.350 e. The average molecular weight is 368 g/mol. The van der Waals surface area contributed by atoms with E-state index in [0.717, 1.165) is 29.8 Å². The molecule has 27 heavy (non-hydrogen) atoms. The van der Waals surface area contributed by atoms with E-state index in [9.17, 15) is 9.59 Å². The van der Waals surface area contributed by atoms with Crippen LogP contribution in [0.4, 0.5) is 11.5 Å². The summed E-state index contributed by atoms with van der Waals surface area (Å²) in [5.41, 5.74) is 2.91. The number of aryl methyl sites for hydroxylation is 1. The fourth-order valence-electron chi connectivity index (χ4n) is 2.96. The molecule has 1 amide bonds. The third kappa shape index (κ3) is 3.69. The Morgan fingerprint density at radius 2 is 2.07 bits per heavy atom. The molecule has 0 atom stereocenters. The Morgan fingerprint density at radius 3 is 2.81 bits per heavy atom. The third-order valence-electron chi connectivity index (χ3n) is 4.58. The molecule has 2 heterocycles. The number of nitrogens with one attached hydrogen (secondary N) is 1. The molecule has 8 nitrogen and oxygen atoms in total. The van der Waals surface area contributed by atoms with Crippen molar-refractivity contribution in [3.05, 3.63) is 52.2 Å². The summed E-state index contributed by atoms with van der Waals surface area (Å²) >= 11 is 0. The summed E-state index contributed by atoms with van der Waals surface area (Å²) in [6.07, 6.45) is 4.08. The maximum atomic E-state index is 12.6. The fourth-order valence-corrected chi connectivity index (χ4v) is 2.96. The summed E-state index contributed by atoms with van der Waals surface area (Å²) in [5, 5.41) is 7.19. The SMILES string of the molecule is CCCN(C)c1nccn2c(=O)n(CC(=O)Nc3cccc(C)c3C)nc12. The van der Waals surface area contributed by atoms with Crippen molar-refractivity contribution in [2.45, 2.75) is 33.7 Å². The number of rotatable bonds is 6. The molecule has 1 N–H and O–H groups in total. The molecule has 0 unspecified atom stereocenters. The standard InChI is InChI=1S/C19H24N6O2/c1-5-10-23(4)17-18-22-25(19(27)24(18)11-9-20-17)12-16(26)21-15-8-6-7-13(2)14(15)3/h6-9,11H,5,10,12H2,1-4H3,(H,21,26). The number of hydrogen-bond donors (Lipinski definition) is 1. The van der Waals surface area contributed by atoms with Gasteiger partial charge in [-0.05, 0) is 37.5 Å². The lowest BCUT2D eigenvalue weighted by atomic mass is 10.1. The van der Waals surface area contributed by atoms with Crippen molar-refractivity contribution >= 4 is 23.1 Å². The van der Waals surface area contributed by atoms with Crippen LogP contribution in [0.3, 0.4) is 0 Å². The van der Waals surface area contributed by atoms with Crippen LogP contribution in [0.2, 0.25) is 0 Å². The van der Waals surface area contributed by atoms with Crippen LogP contribution in [0, 0.1) is 13.8 Å². The molecule has 0 saturated carbocycles. The second kappa shape index (κ2) is 7.61. The highest BCUT2D eigenvalue weighted by atomic mass is 16.2. The Balaban J connectivity index is 1.88. The first-order valence-electron chi connectivity index (χ1n) is 8.93. The van der Waals surface area contributed by atoms with Gasteiger partial charge in [0.2, 0.25) is 11.6 Å². The van der Waals surface area contributed by atoms with Gasteiger partial charge in [0, 0.05) is 31.7 Å². The predicted octanol–water partition coefficient (Wildman–Crippen LogP) is 1.99. The number of carbonyl (C=O) groups is 1. The molecule has 3 rings (SSSR count). The third-order valence-corrected chi connectivity index (χ3v) is 4.58. The number of hydrogen-bond acceptors (Lipinski definition) is 5. The van der Waals surface area contributed by atoms with E-state index in [1.165, 1.54) is 9.08 Å². The number of amides is 1. The van der Waals surface area contributed by atoms with Crippen LogP contribution in [0.15, 0.2) is 35.4 Å². The van der Waals surface area contributed by atoms with Crippen LogP contribution < -0.4 is 15.9 Å². The van der Waals surface area contributed by atoms with Crippen LogP contribution in [-0.2, 0) is 11.3 Å². The molecule has 0 spiro atoms. The first-order chi connectivity index (χ1) is 12.9. The Bertz CT molecular complexity index is 1040. The van der Waals surface area contributed by atoms with E-state index in [2.05, 4.69) is 22.3 Å². The second-order valence-corrected chi connectivity index (χ2v) is 6.60. The van der Waals surface area contributed by atoms with Gasteiger partial charge >= 0.3 is 5.69 Å². The Kier molecular flexibility index (Phi) is 5.25. The maximum absolute atomic E-state index is 12.6. The zero-order valence-corrected chi connectivity index (χ0v) is 16.1. The summed E-state index contributed by atoms with van der Waals surface area (Å²) in [5.74, 6) is 0.316. The number of fused-ring (bicyclic) bond motifs is 1. The lowest BCUT2D eigenvalue weighted by Gasteiger charge is -2.16. The molecule has 0 aliphatic carbocycles. The van der Waals surface area contributed by atoms with Crippen LogP contribution >= 0.6 is 0 Å². The van der Waals surface area contributed by atoms with Gasteiger partial charge < -0.3 is 10.2 Å². The summed E-state index contributed by atoms with van der Waals surface area (Å²) < 4.78 is 2.58. The van der Waals surface area contributed by atoms with Gasteiger partial charge in [0.25, 0.3) is 0 Å². The zero-order valence-electron chi connectivity index (χ0n) is 16.1. The normalized spacial score (nSPS) is 11.0. The summed E-state index contributed by atoms with van der Waals surface area (Å²) in [4.78, 5) is 31.3. The van der Waals surface area contributed by atoms with Gasteiger partial charge in [-0.1, -0.05) is 19.1 Å². The predicted molar refractivity (Wildman–Crippen MR) is 105 cm³/mol. The minimum absolute atomic E-state index is 0.162. The van der Waals surface area contributed by atoms with Gasteiger partial charge in [-0.15, -0.1) is 5.10 Å². The van der Waals surface area contributed by atoms with Gasteiger partial charge in [0.1, 0.15) is 6.54 Å². The number of carbonyl (C=O) groups excluding carboxylic acids is 1. The molecule has 8 heteroatoms. The molecule has 3 aromatic rings. The topological polar surface area (TPSA) is 84.5 Å². The molecule has 0 fully saturated rings. The van der Waals surface area contributed by atoms with Gasteiger partial charge in [0.15, 0.2) is 5.82 Å². The largest absolute Gasteiger partial charge is 0.357 e. The fraction of sp³-hybridized carbons (Fsp3) is 0.368. The van der Waals surface area contributed by atoms with E-state index in [1.54, 1.807) is 12.4 Å². The van der Waals surface area contributed by atoms with E-state index in [0.29, 0.717) is 11.5 Å². The van der Waals surface area contributed by atoms with Crippen LogP contribution in [0.25, 0.3) is 5.65 Å². The molecule has 142 valence electrons. The summed E-state index contributed by atoms with van der Waals surface area (Å²) in [6, 6.07) is 5.71. The number of anilines is 2. The molecule has 0 radical (unpaired) electrons. The van der Waals surface area contributed by atoms with Gasteiger partial charge in [-0.3, -0.25) is 4.79 Å². The van der Waals surface area contributed by atoms with Gasteiger partial charge in [-0.2, -0.15) is 0 Å². The average Bonchev–Trinajstić information content (AvgIpc) is 2.95. The van der Waals surface area contributed by atoms with Crippen molar-refractivity contribution in [1.82, 2.24) is 19.2 Å². The van der Waals surface area contributed by atoms with E-state index in [-0.39, 0.29) is 18.1 Å². The van der Waals surface area contributed by atoms with Crippen molar-refractivity contribution in [3.8, 4) is 0 Å². The van der Waals surface area contributed by atoms with Crippen molar-refractivity contribution < 1.29 is 4.79 Å². The lowest BCUT2D eigenvalue weighted by molar-refractivity contribution is -0.117. The zero-order chi connectivity index (χ0) is 19.6. The van der Waals surface area contributed by atoms with Crippen LogP contribution in [0.5, 0.6) is 0 Å². The highest BCUT2D eigenvalue weighted by Crippen LogP contribution is 2.18. The van der Waals surface area contributed by atoms with E-state index in [4.69, 9.17) is 0 Å². The summed E-state index contributed by atoms with van der Waals surface area (Å²) in [7, 11) is 1.91. The lowest BCUT2D eigenvalue weighted by Crippen LogP contribution is -2.28. The monoisotopic (exact) mass is 368 g/mol. The van der Waals surface area contributed by atoms with E-state index in [1.807, 2.05) is 44.0 Å². The molecule has 0 saturated heterocycles. The number of aromatic nitrogens is 4. The summed E-state index contributed by atoms with van der Waals surface area (Å²) in [6.45, 7) is 6.63. The van der Waals surface area contributed by atoms with Crippen LogP contribution in [-0.4, -0.2) is 38.7 Å². The first kappa shape index (κ1) is 18.6. The highest BCUT2D eigenvalue weighted by molar-refractivity contribution is 5.91. The van der Waals surface area contributed by atoms with E-state index < -0.39 is 0 Å². The smallest absolute Gasteiger partial charge is 0.350 e. The Hall–Kier alpha value is -3.16. The Morgan fingerprint density at radius 1 is 1.30 bits per heavy atom. The molecule has 0 aliphatic rings. The minimum Gasteiger partial charge on any atom is -0.357 e.